The third-order valence-electron chi connectivity index (χ3n) is 3.59. The van der Waals surface area contributed by atoms with Gasteiger partial charge >= 0.3 is 11.9 Å². The Hall–Kier alpha value is -2.64. The Morgan fingerprint density at radius 1 is 1.30 bits per heavy atom. The predicted molar refractivity (Wildman–Crippen MR) is 83.3 cm³/mol. The average molecular weight is 324 g/mol. The highest BCUT2D eigenvalue weighted by Gasteiger charge is 2.28. The van der Waals surface area contributed by atoms with Crippen LogP contribution in [-0.4, -0.2) is 37.1 Å². The van der Waals surface area contributed by atoms with Crippen molar-refractivity contribution in [1.82, 2.24) is 0 Å². The number of nitro benzene ring substituents is 1. The smallest absolute Gasteiger partial charge is 0.338 e. The molecule has 1 aromatic rings. The first-order valence-corrected chi connectivity index (χ1v) is 7.06. The van der Waals surface area contributed by atoms with Crippen LogP contribution in [0, 0.1) is 16.0 Å². The summed E-state index contributed by atoms with van der Waals surface area (Å²) in [6, 6.07) is 3.15. The molecule has 0 aliphatic heterocycles. The van der Waals surface area contributed by atoms with Crippen LogP contribution in [0.25, 0.3) is 0 Å². The summed E-state index contributed by atoms with van der Waals surface area (Å²) >= 11 is 0. The second kappa shape index (κ2) is 8.11. The van der Waals surface area contributed by atoms with E-state index in [0.29, 0.717) is 6.42 Å². The van der Waals surface area contributed by atoms with Gasteiger partial charge in [0.05, 0.1) is 24.7 Å². The van der Waals surface area contributed by atoms with Gasteiger partial charge in [-0.2, -0.15) is 0 Å². The molecule has 0 aliphatic carbocycles. The Morgan fingerprint density at radius 2 is 1.96 bits per heavy atom. The standard InChI is InChI=1S/C15H20N2O6/c1-5-9(2)13(15(19)23-4)16-11-7-6-10(14(18)22-3)8-12(11)17(20)21/h6-9,13,16H,5H2,1-4H3/t9-,13+/m0/s1. The first-order valence-electron chi connectivity index (χ1n) is 7.06. The number of esters is 2. The number of methoxy groups -OCH3 is 2. The molecule has 0 spiro atoms. The van der Waals surface area contributed by atoms with Crippen LogP contribution in [0.2, 0.25) is 0 Å². The number of hydrogen-bond donors (Lipinski definition) is 1. The van der Waals surface area contributed by atoms with Crippen LogP contribution in [0.4, 0.5) is 11.4 Å². The van der Waals surface area contributed by atoms with Crippen molar-refractivity contribution in [2.75, 3.05) is 19.5 Å². The summed E-state index contributed by atoms with van der Waals surface area (Å²) in [5.74, 6) is -1.28. The van der Waals surface area contributed by atoms with E-state index in [1.54, 1.807) is 0 Å². The van der Waals surface area contributed by atoms with Crippen LogP contribution >= 0.6 is 0 Å². The number of hydrogen-bond acceptors (Lipinski definition) is 7. The van der Waals surface area contributed by atoms with Gasteiger partial charge in [0.1, 0.15) is 11.7 Å². The third kappa shape index (κ3) is 4.41. The van der Waals surface area contributed by atoms with Crippen molar-refractivity contribution in [3.05, 3.63) is 33.9 Å². The lowest BCUT2D eigenvalue weighted by atomic mass is 9.98. The molecule has 0 aliphatic rings. The summed E-state index contributed by atoms with van der Waals surface area (Å²) in [4.78, 5) is 34.0. The molecule has 8 heteroatoms. The number of rotatable bonds is 7. The zero-order valence-electron chi connectivity index (χ0n) is 13.5. The number of nitrogens with zero attached hydrogens (tertiary/aromatic N) is 1. The minimum Gasteiger partial charge on any atom is -0.467 e. The number of nitro groups is 1. The van der Waals surface area contributed by atoms with Gasteiger partial charge in [0.15, 0.2) is 0 Å². The molecule has 1 rings (SSSR count). The van der Waals surface area contributed by atoms with Crippen LogP contribution in [0.1, 0.15) is 30.6 Å². The molecule has 2 atom stereocenters. The number of carbonyl (C=O) groups excluding carboxylic acids is 2. The molecular weight excluding hydrogens is 304 g/mol. The Labute approximate surface area is 133 Å². The van der Waals surface area contributed by atoms with Crippen molar-refractivity contribution < 1.29 is 24.0 Å². The molecule has 0 heterocycles. The quantitative estimate of drug-likeness (QED) is 0.466. The van der Waals surface area contributed by atoms with E-state index in [4.69, 9.17) is 4.74 Å². The second-order valence-corrected chi connectivity index (χ2v) is 5.01. The molecule has 8 nitrogen and oxygen atoms in total. The molecule has 23 heavy (non-hydrogen) atoms. The molecular formula is C15H20N2O6. The molecule has 0 aromatic heterocycles. The molecule has 0 saturated carbocycles. The molecule has 0 saturated heterocycles. The molecule has 1 aromatic carbocycles. The fraction of sp³-hybridized carbons (Fsp3) is 0.467. The molecule has 0 unspecified atom stereocenters. The van der Waals surface area contributed by atoms with Gasteiger partial charge in [-0.1, -0.05) is 20.3 Å². The first-order chi connectivity index (χ1) is 10.8. The van der Waals surface area contributed by atoms with Crippen LogP contribution in [0.3, 0.4) is 0 Å². The molecule has 0 amide bonds. The average Bonchev–Trinajstić information content (AvgIpc) is 2.57. The first kappa shape index (κ1) is 18.4. The summed E-state index contributed by atoms with van der Waals surface area (Å²) < 4.78 is 9.29. The van der Waals surface area contributed by atoms with Crippen molar-refractivity contribution in [1.29, 1.82) is 0 Å². The van der Waals surface area contributed by atoms with E-state index in [0.717, 1.165) is 6.07 Å². The monoisotopic (exact) mass is 324 g/mol. The highest BCUT2D eigenvalue weighted by molar-refractivity contribution is 5.91. The molecule has 0 fully saturated rings. The highest BCUT2D eigenvalue weighted by Crippen LogP contribution is 2.28. The Balaban J connectivity index is 3.22. The Bertz CT molecular complexity index is 602. The third-order valence-corrected chi connectivity index (χ3v) is 3.59. The predicted octanol–water partition coefficient (Wildman–Crippen LogP) is 2.38. The fourth-order valence-corrected chi connectivity index (χ4v) is 2.01. The largest absolute Gasteiger partial charge is 0.467 e. The van der Waals surface area contributed by atoms with Crippen LogP contribution in [-0.2, 0) is 14.3 Å². The minimum absolute atomic E-state index is 0.0582. The van der Waals surface area contributed by atoms with Crippen molar-refractivity contribution in [2.45, 2.75) is 26.3 Å². The topological polar surface area (TPSA) is 108 Å². The lowest BCUT2D eigenvalue weighted by Gasteiger charge is -2.22. The normalized spacial score (nSPS) is 12.9. The lowest BCUT2D eigenvalue weighted by molar-refractivity contribution is -0.384. The van der Waals surface area contributed by atoms with Gasteiger partial charge in [0, 0.05) is 6.07 Å². The molecule has 126 valence electrons. The minimum atomic E-state index is -0.729. The molecule has 0 bridgehead atoms. The van der Waals surface area contributed by atoms with Crippen LogP contribution in [0.5, 0.6) is 0 Å². The summed E-state index contributed by atoms with van der Waals surface area (Å²) in [6.45, 7) is 3.74. The van der Waals surface area contributed by atoms with Gasteiger partial charge < -0.3 is 14.8 Å². The van der Waals surface area contributed by atoms with Crippen LogP contribution in [0.15, 0.2) is 18.2 Å². The summed E-state index contributed by atoms with van der Waals surface area (Å²) in [5.41, 5.74) is -0.119. The van der Waals surface area contributed by atoms with Gasteiger partial charge in [0.25, 0.3) is 5.69 Å². The highest BCUT2D eigenvalue weighted by atomic mass is 16.6. The maximum absolute atomic E-state index is 11.9. The van der Waals surface area contributed by atoms with E-state index in [-0.39, 0.29) is 22.9 Å². The second-order valence-electron chi connectivity index (χ2n) is 5.01. The number of benzene rings is 1. The molecule has 0 radical (unpaired) electrons. The van der Waals surface area contributed by atoms with Crippen LogP contribution < -0.4 is 5.32 Å². The van der Waals surface area contributed by atoms with E-state index < -0.39 is 22.9 Å². The van der Waals surface area contributed by atoms with E-state index in [2.05, 4.69) is 10.1 Å². The zero-order valence-corrected chi connectivity index (χ0v) is 13.5. The van der Waals surface area contributed by atoms with Gasteiger partial charge in [0.2, 0.25) is 0 Å². The molecule has 1 N–H and O–H groups in total. The summed E-state index contributed by atoms with van der Waals surface area (Å²) in [5, 5.41) is 14.1. The van der Waals surface area contributed by atoms with E-state index in [1.165, 1.54) is 26.4 Å². The van der Waals surface area contributed by atoms with Gasteiger partial charge in [-0.25, -0.2) is 9.59 Å². The SMILES string of the molecule is CC[C@H](C)[C@@H](Nc1ccc(C(=O)OC)cc1[N+](=O)[O-])C(=O)OC. The number of anilines is 1. The van der Waals surface area contributed by atoms with Crippen molar-refractivity contribution in [3.8, 4) is 0 Å². The number of nitrogens with one attached hydrogen (secondary N) is 1. The van der Waals surface area contributed by atoms with Crippen molar-refractivity contribution >= 4 is 23.3 Å². The van der Waals surface area contributed by atoms with Gasteiger partial charge in [-0.15, -0.1) is 0 Å². The fourth-order valence-electron chi connectivity index (χ4n) is 2.01. The van der Waals surface area contributed by atoms with Crippen molar-refractivity contribution in [3.63, 3.8) is 0 Å². The van der Waals surface area contributed by atoms with Gasteiger partial charge in [-0.3, -0.25) is 10.1 Å². The number of ether oxygens (including phenoxy) is 2. The van der Waals surface area contributed by atoms with E-state index in [9.17, 15) is 19.7 Å². The van der Waals surface area contributed by atoms with E-state index >= 15 is 0 Å². The zero-order chi connectivity index (χ0) is 17.6. The Morgan fingerprint density at radius 3 is 2.43 bits per heavy atom. The summed E-state index contributed by atoms with van der Waals surface area (Å²) in [6.07, 6.45) is 0.681. The van der Waals surface area contributed by atoms with Crippen molar-refractivity contribution in [2.24, 2.45) is 5.92 Å². The number of carbonyl (C=O) groups is 2. The Kier molecular flexibility index (Phi) is 6.49. The summed E-state index contributed by atoms with van der Waals surface area (Å²) in [7, 11) is 2.45. The van der Waals surface area contributed by atoms with Gasteiger partial charge in [-0.05, 0) is 18.1 Å². The maximum atomic E-state index is 11.9. The van der Waals surface area contributed by atoms with E-state index in [1.807, 2.05) is 13.8 Å². The maximum Gasteiger partial charge on any atom is 0.338 e. The lowest BCUT2D eigenvalue weighted by Crippen LogP contribution is -2.36.